The number of nitrogens with one attached hydrogen (secondary N) is 6. The molecule has 1 aliphatic heterocycles. The standard InChI is InChI=1S/C34H53N9O10/c1-2-52-17-18-53-16-13-27(44)37-14-7-6-11-24-31(49)41-23(12-8-15-38-34(35)36)30(48)39-21-28(45)40-26(20-29(46)47)33(51)43-25(32(50)42-24)19-22-9-4-3-5-10-22/h3-5,9-10,23-26H,2,6-8,11-21H2,1H3,(H,37,44)(H,39,48)(H,40,45)(H,41,49)(H,42,50)(H,43,51)(H,46,47)(H4,35,36,38)/t23-,24-,25+,26-/m0/s1. The van der Waals surface area contributed by atoms with Gasteiger partial charge in [-0.15, -0.1) is 0 Å². The third-order valence-electron chi connectivity index (χ3n) is 7.87. The van der Waals surface area contributed by atoms with E-state index < -0.39 is 72.6 Å². The predicted molar refractivity (Wildman–Crippen MR) is 192 cm³/mol. The molecule has 53 heavy (non-hydrogen) atoms. The maximum absolute atomic E-state index is 13.8. The molecule has 1 fully saturated rings. The Bertz CT molecular complexity index is 1390. The zero-order chi connectivity index (χ0) is 39.0. The molecule has 0 radical (unpaired) electrons. The summed E-state index contributed by atoms with van der Waals surface area (Å²) < 4.78 is 10.5. The molecule has 0 spiro atoms. The lowest BCUT2D eigenvalue weighted by atomic mass is 10.0. The van der Waals surface area contributed by atoms with Gasteiger partial charge in [0.05, 0.1) is 32.8 Å². The van der Waals surface area contributed by atoms with Crippen molar-refractivity contribution in [3.05, 3.63) is 35.9 Å². The van der Waals surface area contributed by atoms with Gasteiger partial charge < -0.3 is 57.9 Å². The highest BCUT2D eigenvalue weighted by atomic mass is 16.5. The predicted octanol–water partition coefficient (Wildman–Crippen LogP) is -2.44. The maximum atomic E-state index is 13.8. The summed E-state index contributed by atoms with van der Waals surface area (Å²) >= 11 is 0. The van der Waals surface area contributed by atoms with Crippen LogP contribution in [0.15, 0.2) is 35.3 Å². The number of hydrogen-bond donors (Lipinski definition) is 9. The van der Waals surface area contributed by atoms with E-state index in [2.05, 4.69) is 36.9 Å². The van der Waals surface area contributed by atoms with Gasteiger partial charge in [-0.05, 0) is 44.6 Å². The second kappa shape index (κ2) is 24.8. The van der Waals surface area contributed by atoms with Crippen LogP contribution in [0.5, 0.6) is 0 Å². The summed E-state index contributed by atoms with van der Waals surface area (Å²) in [4.78, 5) is 94.6. The summed E-state index contributed by atoms with van der Waals surface area (Å²) in [5.41, 5.74) is 11.4. The monoisotopic (exact) mass is 747 g/mol. The molecule has 1 aromatic rings. The highest BCUT2D eigenvalue weighted by Gasteiger charge is 2.33. The Morgan fingerprint density at radius 3 is 2.11 bits per heavy atom. The van der Waals surface area contributed by atoms with Crippen LogP contribution in [-0.4, -0.2) is 123 Å². The number of carbonyl (C=O) groups is 7. The summed E-state index contributed by atoms with van der Waals surface area (Å²) in [6, 6.07) is 3.43. The normalized spacial score (nSPS) is 20.0. The van der Waals surface area contributed by atoms with Gasteiger partial charge in [0.2, 0.25) is 35.4 Å². The Kier molecular flexibility index (Phi) is 20.5. The fourth-order valence-corrected chi connectivity index (χ4v) is 5.16. The molecule has 0 saturated carbocycles. The Morgan fingerprint density at radius 1 is 0.811 bits per heavy atom. The zero-order valence-corrected chi connectivity index (χ0v) is 30.0. The van der Waals surface area contributed by atoms with Crippen LogP contribution in [0, 0.1) is 0 Å². The van der Waals surface area contributed by atoms with Gasteiger partial charge >= 0.3 is 5.97 Å². The van der Waals surface area contributed by atoms with Gasteiger partial charge in [0.25, 0.3) is 0 Å². The van der Waals surface area contributed by atoms with Crippen molar-refractivity contribution in [2.24, 2.45) is 16.5 Å². The van der Waals surface area contributed by atoms with E-state index in [-0.39, 0.29) is 63.7 Å². The number of benzene rings is 1. The van der Waals surface area contributed by atoms with Gasteiger partial charge in [-0.2, -0.15) is 0 Å². The molecule has 0 bridgehead atoms. The number of guanidine groups is 1. The van der Waals surface area contributed by atoms with E-state index in [9.17, 15) is 38.7 Å². The fourth-order valence-electron chi connectivity index (χ4n) is 5.16. The maximum Gasteiger partial charge on any atom is 0.305 e. The summed E-state index contributed by atoms with van der Waals surface area (Å²) in [6.07, 6.45) is 0.514. The summed E-state index contributed by atoms with van der Waals surface area (Å²) in [6.45, 7) is 3.28. The molecule has 0 aliphatic carbocycles. The highest BCUT2D eigenvalue weighted by Crippen LogP contribution is 2.09. The molecule has 1 aliphatic rings. The van der Waals surface area contributed by atoms with Crippen LogP contribution in [0.4, 0.5) is 0 Å². The molecular weight excluding hydrogens is 694 g/mol. The fraction of sp³-hybridized carbons (Fsp3) is 0.588. The summed E-state index contributed by atoms with van der Waals surface area (Å²) in [5.74, 6) is -5.81. The van der Waals surface area contributed by atoms with Crippen LogP contribution in [0.1, 0.15) is 57.4 Å². The SMILES string of the molecule is CCOCCOCCC(=O)NCCCC[C@@H]1NC(=O)[C@@H](Cc2ccccc2)NC(=O)[C@H](CC(=O)O)NC(=O)CNC(=O)[C@H](CCCN=C(N)N)NC1=O. The second-order valence-electron chi connectivity index (χ2n) is 12.2. The Hall–Kier alpha value is -5.30. The van der Waals surface area contributed by atoms with Crippen molar-refractivity contribution >= 4 is 47.4 Å². The second-order valence-corrected chi connectivity index (χ2v) is 12.2. The number of amides is 6. The first-order valence-electron chi connectivity index (χ1n) is 17.6. The molecule has 19 heteroatoms. The van der Waals surface area contributed by atoms with Crippen LogP contribution >= 0.6 is 0 Å². The summed E-state index contributed by atoms with van der Waals surface area (Å²) in [5, 5.41) is 24.8. The van der Waals surface area contributed by atoms with Crippen molar-refractivity contribution in [3.8, 4) is 0 Å². The van der Waals surface area contributed by atoms with Crippen LogP contribution in [-0.2, 0) is 49.5 Å². The average Bonchev–Trinajstić information content (AvgIpc) is 3.11. The molecule has 6 amide bonds. The number of ether oxygens (including phenoxy) is 2. The number of carboxylic acids is 1. The van der Waals surface area contributed by atoms with Gasteiger partial charge in [0.1, 0.15) is 24.2 Å². The van der Waals surface area contributed by atoms with Gasteiger partial charge in [0.15, 0.2) is 5.96 Å². The highest BCUT2D eigenvalue weighted by molar-refractivity contribution is 5.98. The van der Waals surface area contributed by atoms with E-state index in [1.807, 2.05) is 6.92 Å². The number of nitrogens with zero attached hydrogens (tertiary/aromatic N) is 1. The van der Waals surface area contributed by atoms with Gasteiger partial charge in [0, 0.05) is 32.5 Å². The smallest absolute Gasteiger partial charge is 0.305 e. The molecule has 1 saturated heterocycles. The number of aliphatic carboxylic acids is 1. The van der Waals surface area contributed by atoms with Crippen molar-refractivity contribution in [2.45, 2.75) is 82.5 Å². The number of hydrogen-bond acceptors (Lipinski definition) is 10. The number of carboxylic acid groups (broad SMARTS) is 1. The van der Waals surface area contributed by atoms with Crippen molar-refractivity contribution in [3.63, 3.8) is 0 Å². The molecular formula is C34H53N9O10. The number of carbonyl (C=O) groups excluding carboxylic acids is 6. The average molecular weight is 748 g/mol. The minimum absolute atomic E-state index is 0.0324. The van der Waals surface area contributed by atoms with E-state index in [1.54, 1.807) is 30.3 Å². The first-order valence-corrected chi connectivity index (χ1v) is 17.6. The molecule has 4 atom stereocenters. The van der Waals surface area contributed by atoms with Crippen LogP contribution in [0.25, 0.3) is 0 Å². The van der Waals surface area contributed by atoms with Crippen molar-refractivity contribution in [2.75, 3.05) is 46.1 Å². The molecule has 2 rings (SSSR count). The van der Waals surface area contributed by atoms with Crippen molar-refractivity contribution < 1.29 is 48.1 Å². The first kappa shape index (κ1) is 43.9. The molecule has 1 aromatic carbocycles. The number of unbranched alkanes of at least 4 members (excludes halogenated alkanes) is 1. The van der Waals surface area contributed by atoms with Crippen LogP contribution in [0.2, 0.25) is 0 Å². The lowest BCUT2D eigenvalue weighted by Gasteiger charge is -2.26. The van der Waals surface area contributed by atoms with E-state index in [0.717, 1.165) is 0 Å². The van der Waals surface area contributed by atoms with Crippen LogP contribution in [0.3, 0.4) is 0 Å². The van der Waals surface area contributed by atoms with Gasteiger partial charge in [-0.3, -0.25) is 38.6 Å². The Labute approximate surface area is 308 Å². The minimum Gasteiger partial charge on any atom is -0.481 e. The Balaban J connectivity index is 2.28. The minimum atomic E-state index is -1.59. The molecule has 19 nitrogen and oxygen atoms in total. The number of rotatable bonds is 20. The Morgan fingerprint density at radius 2 is 1.43 bits per heavy atom. The topological polar surface area (TPSA) is 295 Å². The van der Waals surface area contributed by atoms with Crippen molar-refractivity contribution in [1.82, 2.24) is 31.9 Å². The molecule has 0 aromatic heterocycles. The number of nitrogens with two attached hydrogens (primary N) is 2. The first-order chi connectivity index (χ1) is 25.4. The van der Waals surface area contributed by atoms with Gasteiger partial charge in [-0.25, -0.2) is 0 Å². The third kappa shape index (κ3) is 18.7. The molecule has 11 N–H and O–H groups in total. The molecule has 1 heterocycles. The van der Waals surface area contributed by atoms with Crippen molar-refractivity contribution in [1.29, 1.82) is 0 Å². The third-order valence-corrected chi connectivity index (χ3v) is 7.87. The lowest BCUT2D eigenvalue weighted by Crippen LogP contribution is -2.58. The van der Waals surface area contributed by atoms with Crippen LogP contribution < -0.4 is 43.4 Å². The summed E-state index contributed by atoms with van der Waals surface area (Å²) in [7, 11) is 0. The molecule has 0 unspecified atom stereocenters. The van der Waals surface area contributed by atoms with Gasteiger partial charge in [-0.1, -0.05) is 30.3 Å². The largest absolute Gasteiger partial charge is 0.481 e. The quantitative estimate of drug-likeness (QED) is 0.0382. The zero-order valence-electron chi connectivity index (χ0n) is 30.0. The lowest BCUT2D eigenvalue weighted by molar-refractivity contribution is -0.141. The van der Waals surface area contributed by atoms with E-state index in [1.165, 1.54) is 0 Å². The van der Waals surface area contributed by atoms with E-state index >= 15 is 0 Å². The number of aliphatic imine (C=N–C) groups is 1. The molecule has 294 valence electrons. The van der Waals surface area contributed by atoms with E-state index in [4.69, 9.17) is 20.9 Å². The van der Waals surface area contributed by atoms with E-state index in [0.29, 0.717) is 38.2 Å².